The summed E-state index contributed by atoms with van der Waals surface area (Å²) in [6.07, 6.45) is 0.742. The number of ether oxygens (including phenoxy) is 2. The molecule has 0 radical (unpaired) electrons. The van der Waals surface area contributed by atoms with Gasteiger partial charge in [0, 0.05) is 12.8 Å². The van der Waals surface area contributed by atoms with Crippen LogP contribution in [-0.4, -0.2) is 42.9 Å². The number of esters is 1. The fraction of sp³-hybridized carbons (Fsp3) is 0.667. The molecule has 21 heavy (non-hydrogen) atoms. The SMILES string of the molecule is Cc1[nH]nc(C(=O)OC2CC(C)OC(C)C2)c1S(N)(=O)=O. The predicted molar refractivity (Wildman–Crippen MR) is 73.1 cm³/mol. The number of rotatable bonds is 3. The van der Waals surface area contributed by atoms with Crippen LogP contribution in [0.15, 0.2) is 4.90 Å². The summed E-state index contributed by atoms with van der Waals surface area (Å²) in [5, 5.41) is 11.2. The zero-order valence-electron chi connectivity index (χ0n) is 12.1. The van der Waals surface area contributed by atoms with E-state index in [1.807, 2.05) is 13.8 Å². The van der Waals surface area contributed by atoms with Crippen molar-refractivity contribution in [3.63, 3.8) is 0 Å². The van der Waals surface area contributed by atoms with E-state index >= 15 is 0 Å². The zero-order chi connectivity index (χ0) is 15.8. The third-order valence-corrected chi connectivity index (χ3v) is 4.37. The Morgan fingerprint density at radius 1 is 1.38 bits per heavy atom. The molecule has 0 aliphatic carbocycles. The number of nitrogens with one attached hydrogen (secondary N) is 1. The number of nitrogens with two attached hydrogens (primary N) is 1. The standard InChI is InChI=1S/C12H19N3O5S/c1-6-4-9(5-7(2)19-6)20-12(16)10-11(21(13,17)18)8(3)14-15-10/h6-7,9H,4-5H2,1-3H3,(H,14,15)(H2,13,17,18). The van der Waals surface area contributed by atoms with E-state index in [0.29, 0.717) is 12.8 Å². The molecule has 0 bridgehead atoms. The van der Waals surface area contributed by atoms with Crippen LogP contribution in [0.1, 0.15) is 42.9 Å². The molecule has 0 spiro atoms. The summed E-state index contributed by atoms with van der Waals surface area (Å²) in [5.74, 6) is -0.797. The summed E-state index contributed by atoms with van der Waals surface area (Å²) in [4.78, 5) is 11.8. The van der Waals surface area contributed by atoms with Gasteiger partial charge < -0.3 is 9.47 Å². The average Bonchev–Trinajstić information content (AvgIpc) is 2.69. The molecule has 118 valence electrons. The second kappa shape index (κ2) is 5.74. The van der Waals surface area contributed by atoms with Gasteiger partial charge in [-0.25, -0.2) is 18.4 Å². The van der Waals surface area contributed by atoms with Crippen LogP contribution in [0.2, 0.25) is 0 Å². The van der Waals surface area contributed by atoms with E-state index in [1.165, 1.54) is 6.92 Å². The average molecular weight is 317 g/mol. The van der Waals surface area contributed by atoms with Crippen LogP contribution in [0.25, 0.3) is 0 Å². The molecule has 9 heteroatoms. The first-order chi connectivity index (χ1) is 9.68. The Balaban J connectivity index is 2.18. The van der Waals surface area contributed by atoms with Crippen LogP contribution in [-0.2, 0) is 19.5 Å². The number of sulfonamides is 1. The summed E-state index contributed by atoms with van der Waals surface area (Å²) in [6.45, 7) is 5.26. The minimum atomic E-state index is -4.05. The van der Waals surface area contributed by atoms with Crippen LogP contribution in [0.5, 0.6) is 0 Å². The number of aromatic nitrogens is 2. The highest BCUT2D eigenvalue weighted by Gasteiger charge is 2.31. The number of H-pyrrole nitrogens is 1. The molecular formula is C12H19N3O5S. The Kier molecular flexibility index (Phi) is 4.35. The van der Waals surface area contributed by atoms with E-state index < -0.39 is 16.0 Å². The molecule has 0 amide bonds. The van der Waals surface area contributed by atoms with E-state index in [4.69, 9.17) is 14.6 Å². The number of aryl methyl sites for hydroxylation is 1. The highest BCUT2D eigenvalue weighted by molar-refractivity contribution is 7.89. The highest BCUT2D eigenvalue weighted by atomic mass is 32.2. The Morgan fingerprint density at radius 3 is 2.48 bits per heavy atom. The smallest absolute Gasteiger partial charge is 0.360 e. The number of carbonyl (C=O) groups is 1. The van der Waals surface area contributed by atoms with Gasteiger partial charge in [0.1, 0.15) is 11.0 Å². The van der Waals surface area contributed by atoms with Crippen molar-refractivity contribution < 1.29 is 22.7 Å². The second-order valence-electron chi connectivity index (χ2n) is 5.33. The quantitative estimate of drug-likeness (QED) is 0.781. The molecule has 8 nitrogen and oxygen atoms in total. The molecule has 1 aromatic rings. The fourth-order valence-corrected chi connectivity index (χ4v) is 3.42. The molecular weight excluding hydrogens is 298 g/mol. The summed E-state index contributed by atoms with van der Waals surface area (Å²) < 4.78 is 34.0. The Labute approximate surface area is 123 Å². The maximum atomic E-state index is 12.1. The van der Waals surface area contributed by atoms with Gasteiger partial charge in [0.05, 0.1) is 17.9 Å². The van der Waals surface area contributed by atoms with Crippen molar-refractivity contribution >= 4 is 16.0 Å². The third-order valence-electron chi connectivity index (χ3n) is 3.30. The van der Waals surface area contributed by atoms with Crippen LogP contribution in [0.4, 0.5) is 0 Å². The van der Waals surface area contributed by atoms with Gasteiger partial charge in [-0.05, 0) is 20.8 Å². The molecule has 1 fully saturated rings. The lowest BCUT2D eigenvalue weighted by atomic mass is 10.0. The molecule has 3 N–H and O–H groups in total. The summed E-state index contributed by atoms with van der Waals surface area (Å²) >= 11 is 0. The van der Waals surface area contributed by atoms with Gasteiger partial charge in [-0.2, -0.15) is 5.10 Å². The van der Waals surface area contributed by atoms with Gasteiger partial charge in [0.15, 0.2) is 5.69 Å². The Hall–Kier alpha value is -1.45. The normalized spacial score (nSPS) is 26.6. The number of nitrogens with zero attached hydrogens (tertiary/aromatic N) is 1. The molecule has 2 rings (SSSR count). The largest absolute Gasteiger partial charge is 0.457 e. The molecule has 1 aliphatic heterocycles. The maximum absolute atomic E-state index is 12.1. The first-order valence-electron chi connectivity index (χ1n) is 6.62. The molecule has 0 aromatic carbocycles. The van der Waals surface area contributed by atoms with E-state index in [0.717, 1.165) is 0 Å². The van der Waals surface area contributed by atoms with Crippen molar-refractivity contribution in [1.82, 2.24) is 10.2 Å². The minimum Gasteiger partial charge on any atom is -0.457 e. The fourth-order valence-electron chi connectivity index (χ4n) is 2.55. The van der Waals surface area contributed by atoms with Gasteiger partial charge in [-0.1, -0.05) is 0 Å². The zero-order valence-corrected chi connectivity index (χ0v) is 12.9. The minimum absolute atomic E-state index is 0.0230. The number of carbonyl (C=O) groups excluding carboxylic acids is 1. The van der Waals surface area contributed by atoms with Crippen LogP contribution < -0.4 is 5.14 Å². The van der Waals surface area contributed by atoms with Crippen LogP contribution in [0, 0.1) is 6.92 Å². The van der Waals surface area contributed by atoms with E-state index in [-0.39, 0.29) is 34.6 Å². The lowest BCUT2D eigenvalue weighted by molar-refractivity contribution is -0.0857. The van der Waals surface area contributed by atoms with Crippen molar-refractivity contribution in [3.8, 4) is 0 Å². The summed E-state index contributed by atoms with van der Waals surface area (Å²) in [7, 11) is -4.05. The first-order valence-corrected chi connectivity index (χ1v) is 8.17. The molecule has 1 aliphatic rings. The number of hydrogen-bond acceptors (Lipinski definition) is 6. The lowest BCUT2D eigenvalue weighted by Gasteiger charge is -2.31. The maximum Gasteiger partial charge on any atom is 0.360 e. The molecule has 2 atom stereocenters. The van der Waals surface area contributed by atoms with Crippen molar-refractivity contribution in [2.75, 3.05) is 0 Å². The van der Waals surface area contributed by atoms with Crippen LogP contribution in [0.3, 0.4) is 0 Å². The van der Waals surface area contributed by atoms with E-state index in [1.54, 1.807) is 0 Å². The topological polar surface area (TPSA) is 124 Å². The van der Waals surface area contributed by atoms with E-state index in [2.05, 4.69) is 10.2 Å². The monoisotopic (exact) mass is 317 g/mol. The second-order valence-corrected chi connectivity index (χ2v) is 6.83. The third kappa shape index (κ3) is 3.60. The number of aromatic amines is 1. The predicted octanol–water partition coefficient (Wildman–Crippen LogP) is 0.478. The van der Waals surface area contributed by atoms with Gasteiger partial charge in [-0.15, -0.1) is 0 Å². The highest BCUT2D eigenvalue weighted by Crippen LogP contribution is 2.24. The van der Waals surface area contributed by atoms with Gasteiger partial charge in [-0.3, -0.25) is 5.10 Å². The molecule has 1 saturated heterocycles. The Bertz CT molecular complexity index is 629. The molecule has 0 saturated carbocycles. The molecule has 2 unspecified atom stereocenters. The number of hydrogen-bond donors (Lipinski definition) is 2. The van der Waals surface area contributed by atoms with Crippen LogP contribution >= 0.6 is 0 Å². The summed E-state index contributed by atoms with van der Waals surface area (Å²) in [5.41, 5.74) is -0.0973. The van der Waals surface area contributed by atoms with Crippen molar-refractivity contribution in [3.05, 3.63) is 11.4 Å². The van der Waals surface area contributed by atoms with Crippen molar-refractivity contribution in [2.45, 2.75) is 56.8 Å². The van der Waals surface area contributed by atoms with Gasteiger partial charge in [0.25, 0.3) is 0 Å². The first kappa shape index (κ1) is 15.9. The molecule has 1 aromatic heterocycles. The Morgan fingerprint density at radius 2 is 1.95 bits per heavy atom. The van der Waals surface area contributed by atoms with E-state index in [9.17, 15) is 13.2 Å². The lowest BCUT2D eigenvalue weighted by Crippen LogP contribution is -2.35. The molecule has 2 heterocycles. The van der Waals surface area contributed by atoms with Gasteiger partial charge in [0.2, 0.25) is 10.0 Å². The van der Waals surface area contributed by atoms with Gasteiger partial charge >= 0.3 is 5.97 Å². The van der Waals surface area contributed by atoms with Crippen molar-refractivity contribution in [1.29, 1.82) is 0 Å². The number of primary sulfonamides is 1. The summed E-state index contributed by atoms with van der Waals surface area (Å²) in [6, 6.07) is 0. The van der Waals surface area contributed by atoms with Crippen molar-refractivity contribution in [2.24, 2.45) is 5.14 Å².